The maximum absolute atomic E-state index is 11.4. The third-order valence-electron chi connectivity index (χ3n) is 9.03. The van der Waals surface area contributed by atoms with Crippen molar-refractivity contribution in [2.45, 2.75) is 206 Å². The second-order valence-electron chi connectivity index (χ2n) is 15.0. The number of likely N-dealkylation sites (N-methyl/N-ethyl adjacent to an activating group) is 1. The Morgan fingerprint density at radius 1 is 0.518 bits per heavy atom. The number of rotatable bonds is 34. The van der Waals surface area contributed by atoms with Gasteiger partial charge in [0.05, 0.1) is 25.9 Å². The Kier molecular flexibility index (Phi) is 41.4. The third kappa shape index (κ3) is 45.6. The standard InChI is InChI=1S/2C17H32O4.C9H17NO4/c2*1-2-3-4-7-11-14-17(20)21-15-12-9-6-5-8-10-13-16(18)19;1-10(2)5-9(12)13-6-7-3-4-8(11)14-7/h2*2-15H2,1H3,(H,18,19);7-8,11H,3-6H2,1-2H3/t;;7?,8-/m..1/s1. The Balaban J connectivity index is 0. The Morgan fingerprint density at radius 3 is 1.25 bits per heavy atom. The van der Waals surface area contributed by atoms with Crippen molar-refractivity contribution >= 4 is 29.8 Å². The first-order valence-corrected chi connectivity index (χ1v) is 21.8. The summed E-state index contributed by atoms with van der Waals surface area (Å²) >= 11 is 0. The highest BCUT2D eigenvalue weighted by Crippen LogP contribution is 2.17. The molecule has 0 spiro atoms. The van der Waals surface area contributed by atoms with E-state index in [1.165, 1.54) is 38.5 Å². The van der Waals surface area contributed by atoms with Gasteiger partial charge in [0.25, 0.3) is 0 Å². The Labute approximate surface area is 338 Å². The Bertz CT molecular complexity index is 907. The molecule has 13 nitrogen and oxygen atoms in total. The molecule has 13 heteroatoms. The molecular weight excluding hydrogens is 722 g/mol. The molecule has 0 aromatic heterocycles. The van der Waals surface area contributed by atoms with E-state index in [2.05, 4.69) is 13.8 Å². The molecule has 1 heterocycles. The van der Waals surface area contributed by atoms with Gasteiger partial charge in [-0.1, -0.05) is 117 Å². The molecular formula is C43H81NO12. The van der Waals surface area contributed by atoms with Crippen molar-refractivity contribution in [3.8, 4) is 0 Å². The maximum Gasteiger partial charge on any atom is 0.320 e. The minimum absolute atomic E-state index is 0.0621. The van der Waals surface area contributed by atoms with Gasteiger partial charge in [-0.3, -0.25) is 28.9 Å². The molecule has 56 heavy (non-hydrogen) atoms. The summed E-state index contributed by atoms with van der Waals surface area (Å²) in [6, 6.07) is 0. The van der Waals surface area contributed by atoms with Gasteiger partial charge in [0, 0.05) is 32.1 Å². The zero-order valence-corrected chi connectivity index (χ0v) is 35.7. The van der Waals surface area contributed by atoms with Crippen molar-refractivity contribution in [2.75, 3.05) is 40.5 Å². The van der Waals surface area contributed by atoms with Gasteiger partial charge in [-0.2, -0.15) is 0 Å². The second-order valence-corrected chi connectivity index (χ2v) is 15.0. The van der Waals surface area contributed by atoms with E-state index in [0.29, 0.717) is 32.5 Å². The third-order valence-corrected chi connectivity index (χ3v) is 9.03. The average molecular weight is 804 g/mol. The number of nitrogens with zero attached hydrogens (tertiary/aromatic N) is 1. The molecule has 330 valence electrons. The molecule has 0 aliphatic carbocycles. The molecule has 1 aliphatic rings. The highest BCUT2D eigenvalue weighted by atomic mass is 16.6. The molecule has 1 rings (SSSR count). The van der Waals surface area contributed by atoms with Gasteiger partial charge in [0.1, 0.15) is 6.61 Å². The summed E-state index contributed by atoms with van der Waals surface area (Å²) in [6.07, 6.45) is 25.5. The molecule has 1 unspecified atom stereocenters. The zero-order valence-electron chi connectivity index (χ0n) is 35.7. The van der Waals surface area contributed by atoms with E-state index >= 15 is 0 Å². The van der Waals surface area contributed by atoms with E-state index in [9.17, 15) is 24.0 Å². The number of carboxylic acid groups (broad SMARTS) is 2. The van der Waals surface area contributed by atoms with Gasteiger partial charge in [0.2, 0.25) is 0 Å². The number of esters is 3. The van der Waals surface area contributed by atoms with E-state index in [0.717, 1.165) is 109 Å². The number of carbonyl (C=O) groups is 5. The predicted octanol–water partition coefficient (Wildman–Crippen LogP) is 9.00. The van der Waals surface area contributed by atoms with Crippen molar-refractivity contribution in [1.82, 2.24) is 4.90 Å². The van der Waals surface area contributed by atoms with Gasteiger partial charge < -0.3 is 34.3 Å². The lowest BCUT2D eigenvalue weighted by molar-refractivity contribution is -0.153. The van der Waals surface area contributed by atoms with Crippen LogP contribution in [0.25, 0.3) is 0 Å². The van der Waals surface area contributed by atoms with Crippen LogP contribution < -0.4 is 0 Å². The van der Waals surface area contributed by atoms with Crippen molar-refractivity contribution in [2.24, 2.45) is 0 Å². The normalized spacial score (nSPS) is 14.6. The van der Waals surface area contributed by atoms with Crippen LogP contribution in [0.3, 0.4) is 0 Å². The number of carbonyl (C=O) groups excluding carboxylic acids is 3. The Morgan fingerprint density at radius 2 is 0.893 bits per heavy atom. The summed E-state index contributed by atoms with van der Waals surface area (Å²) in [4.78, 5) is 56.4. The number of ether oxygens (including phenoxy) is 4. The molecule has 0 radical (unpaired) electrons. The summed E-state index contributed by atoms with van der Waals surface area (Å²) in [5.74, 6) is -1.81. The Hall–Kier alpha value is -2.77. The first-order chi connectivity index (χ1) is 26.9. The molecule has 1 aliphatic heterocycles. The number of aliphatic hydroxyl groups is 1. The van der Waals surface area contributed by atoms with Crippen LogP contribution in [-0.4, -0.2) is 103 Å². The quantitative estimate of drug-likeness (QED) is 0.0318. The SMILES string of the molecule is CCCCCCCC(=O)OCCCCCCCCC(=O)O.CCCCCCCC(=O)OCCCCCCCCC(=O)O.CN(C)CC(=O)OCC1CC[C@H](O)O1. The lowest BCUT2D eigenvalue weighted by Crippen LogP contribution is -2.27. The zero-order chi connectivity index (χ0) is 42.1. The van der Waals surface area contributed by atoms with Crippen LogP contribution in [0.1, 0.15) is 194 Å². The minimum atomic E-state index is -0.711. The number of aliphatic carboxylic acids is 2. The van der Waals surface area contributed by atoms with Gasteiger partial charge in [-0.05, 0) is 59.0 Å². The van der Waals surface area contributed by atoms with Crippen LogP contribution in [0.5, 0.6) is 0 Å². The molecule has 1 saturated heterocycles. The molecule has 3 N–H and O–H groups in total. The van der Waals surface area contributed by atoms with Crippen LogP contribution >= 0.6 is 0 Å². The van der Waals surface area contributed by atoms with E-state index in [1.54, 1.807) is 19.0 Å². The molecule has 0 saturated carbocycles. The molecule has 2 atom stereocenters. The predicted molar refractivity (Wildman–Crippen MR) is 218 cm³/mol. The van der Waals surface area contributed by atoms with Gasteiger partial charge >= 0.3 is 29.8 Å². The van der Waals surface area contributed by atoms with E-state index in [-0.39, 0.29) is 50.0 Å². The average Bonchev–Trinajstić information content (AvgIpc) is 3.57. The van der Waals surface area contributed by atoms with Gasteiger partial charge in [0.15, 0.2) is 6.29 Å². The van der Waals surface area contributed by atoms with Crippen LogP contribution in [0, 0.1) is 0 Å². The smallest absolute Gasteiger partial charge is 0.320 e. The molecule has 0 bridgehead atoms. The second kappa shape index (κ2) is 41.9. The summed E-state index contributed by atoms with van der Waals surface area (Å²) in [7, 11) is 3.61. The summed E-state index contributed by atoms with van der Waals surface area (Å²) < 4.78 is 20.4. The fourth-order valence-electron chi connectivity index (χ4n) is 5.73. The molecule has 1 fully saturated rings. The fraction of sp³-hybridized carbons (Fsp3) is 0.884. The van der Waals surface area contributed by atoms with Crippen molar-refractivity contribution in [3.63, 3.8) is 0 Å². The molecule has 0 aromatic rings. The summed E-state index contributed by atoms with van der Waals surface area (Å²) in [6.45, 7) is 5.94. The number of hydrogen-bond acceptors (Lipinski definition) is 11. The highest BCUT2D eigenvalue weighted by molar-refractivity contribution is 5.71. The lowest BCUT2D eigenvalue weighted by atomic mass is 10.1. The van der Waals surface area contributed by atoms with Crippen LogP contribution in [0.4, 0.5) is 0 Å². The largest absolute Gasteiger partial charge is 0.481 e. The topological polar surface area (TPSA) is 186 Å². The van der Waals surface area contributed by atoms with E-state index in [1.807, 2.05) is 0 Å². The van der Waals surface area contributed by atoms with Crippen molar-refractivity contribution in [3.05, 3.63) is 0 Å². The number of hydrogen-bond donors (Lipinski definition) is 3. The highest BCUT2D eigenvalue weighted by Gasteiger charge is 2.24. The first kappa shape index (κ1) is 55.3. The number of aliphatic hydroxyl groups excluding tert-OH is 1. The number of unbranched alkanes of at least 4 members (excludes halogenated alkanes) is 18. The van der Waals surface area contributed by atoms with Gasteiger partial charge in [-0.25, -0.2) is 0 Å². The van der Waals surface area contributed by atoms with Crippen molar-refractivity contribution in [1.29, 1.82) is 0 Å². The maximum atomic E-state index is 11.4. The van der Waals surface area contributed by atoms with Crippen LogP contribution in [-0.2, 0) is 42.9 Å². The molecule has 0 amide bonds. The van der Waals surface area contributed by atoms with Crippen LogP contribution in [0.2, 0.25) is 0 Å². The number of carboxylic acids is 2. The summed E-state index contributed by atoms with van der Waals surface area (Å²) in [5.41, 5.74) is 0. The van der Waals surface area contributed by atoms with Crippen molar-refractivity contribution < 1.29 is 58.2 Å². The first-order valence-electron chi connectivity index (χ1n) is 21.8. The van der Waals surface area contributed by atoms with Crippen LogP contribution in [0.15, 0.2) is 0 Å². The van der Waals surface area contributed by atoms with E-state index < -0.39 is 18.2 Å². The minimum Gasteiger partial charge on any atom is -0.481 e. The fourth-order valence-corrected chi connectivity index (χ4v) is 5.73. The molecule has 0 aromatic carbocycles. The van der Waals surface area contributed by atoms with Gasteiger partial charge in [-0.15, -0.1) is 0 Å². The summed E-state index contributed by atoms with van der Waals surface area (Å²) in [5, 5.41) is 26.0. The monoisotopic (exact) mass is 804 g/mol. The lowest BCUT2D eigenvalue weighted by Gasteiger charge is -2.13. The van der Waals surface area contributed by atoms with E-state index in [4.69, 9.17) is 34.3 Å².